The molecule has 1 aliphatic rings. The molecular formula is C14H19FN2O2. The predicted molar refractivity (Wildman–Crippen MR) is 71.5 cm³/mol. The number of rotatable bonds is 4. The number of halogens is 1. The lowest BCUT2D eigenvalue weighted by Crippen LogP contribution is -2.41. The molecule has 0 radical (unpaired) electrons. The van der Waals surface area contributed by atoms with Gasteiger partial charge in [-0.1, -0.05) is 6.92 Å². The number of likely N-dealkylation sites (N-methyl/N-ethyl adjacent to an activating group) is 1. The minimum Gasteiger partial charge on any atom is -0.379 e. The third-order valence-corrected chi connectivity index (χ3v) is 3.31. The third kappa shape index (κ3) is 3.30. The number of ether oxygens (including phenoxy) is 1. The molecular weight excluding hydrogens is 247 g/mol. The van der Waals surface area contributed by atoms with E-state index in [1.165, 1.54) is 6.07 Å². The van der Waals surface area contributed by atoms with Crippen molar-refractivity contribution in [3.8, 4) is 0 Å². The van der Waals surface area contributed by atoms with Crippen molar-refractivity contribution < 1.29 is 13.9 Å². The number of benzene rings is 1. The summed E-state index contributed by atoms with van der Waals surface area (Å²) < 4.78 is 18.5. The van der Waals surface area contributed by atoms with E-state index in [0.717, 1.165) is 6.54 Å². The van der Waals surface area contributed by atoms with Gasteiger partial charge in [0.25, 0.3) is 0 Å². The Hall–Kier alpha value is -1.46. The summed E-state index contributed by atoms with van der Waals surface area (Å²) in [5.74, 6) is -0.563. The summed E-state index contributed by atoms with van der Waals surface area (Å²) in [5, 5.41) is 6.05. The van der Waals surface area contributed by atoms with Gasteiger partial charge < -0.3 is 15.4 Å². The molecule has 5 heteroatoms. The molecule has 1 amide bonds. The Balaban J connectivity index is 2.02. The van der Waals surface area contributed by atoms with Gasteiger partial charge >= 0.3 is 0 Å². The molecule has 0 spiro atoms. The zero-order valence-corrected chi connectivity index (χ0v) is 11.2. The van der Waals surface area contributed by atoms with Crippen LogP contribution in [0, 0.1) is 18.7 Å². The highest BCUT2D eigenvalue weighted by Gasteiger charge is 2.33. The van der Waals surface area contributed by atoms with Crippen LogP contribution in [0.4, 0.5) is 10.1 Å². The molecule has 2 rings (SSSR count). The monoisotopic (exact) mass is 266 g/mol. The van der Waals surface area contributed by atoms with Gasteiger partial charge in [-0.15, -0.1) is 0 Å². The molecule has 0 saturated carbocycles. The fourth-order valence-electron chi connectivity index (χ4n) is 2.23. The number of carbonyl (C=O) groups excluding carboxylic acids is 1. The third-order valence-electron chi connectivity index (χ3n) is 3.31. The molecule has 2 N–H and O–H groups in total. The molecule has 19 heavy (non-hydrogen) atoms. The number of carbonyl (C=O) groups is 1. The van der Waals surface area contributed by atoms with Crippen molar-refractivity contribution in [2.45, 2.75) is 19.9 Å². The Labute approximate surface area is 112 Å². The van der Waals surface area contributed by atoms with Gasteiger partial charge in [0.2, 0.25) is 5.91 Å². The van der Waals surface area contributed by atoms with Gasteiger partial charge in [-0.3, -0.25) is 4.79 Å². The normalized spacial score (nSPS) is 22.5. The lowest BCUT2D eigenvalue weighted by atomic mass is 10.0. The first-order chi connectivity index (χ1) is 9.11. The summed E-state index contributed by atoms with van der Waals surface area (Å²) >= 11 is 0. The van der Waals surface area contributed by atoms with Crippen LogP contribution in [-0.4, -0.2) is 31.7 Å². The minimum atomic E-state index is -0.271. The van der Waals surface area contributed by atoms with E-state index in [9.17, 15) is 9.18 Å². The van der Waals surface area contributed by atoms with Crippen LogP contribution in [-0.2, 0) is 9.53 Å². The molecule has 1 heterocycles. The topological polar surface area (TPSA) is 50.4 Å². The van der Waals surface area contributed by atoms with Gasteiger partial charge in [-0.05, 0) is 37.2 Å². The Morgan fingerprint density at radius 1 is 1.47 bits per heavy atom. The molecule has 2 atom stereocenters. The highest BCUT2D eigenvalue weighted by atomic mass is 19.1. The molecule has 1 aliphatic heterocycles. The Bertz CT molecular complexity index is 465. The largest absolute Gasteiger partial charge is 0.379 e. The van der Waals surface area contributed by atoms with E-state index in [1.807, 2.05) is 6.92 Å². The molecule has 4 nitrogen and oxygen atoms in total. The van der Waals surface area contributed by atoms with E-state index in [0.29, 0.717) is 24.5 Å². The van der Waals surface area contributed by atoms with Crippen LogP contribution in [0.5, 0.6) is 0 Å². The summed E-state index contributed by atoms with van der Waals surface area (Å²) in [6.45, 7) is 5.44. The number of nitrogens with one attached hydrogen (secondary N) is 2. The van der Waals surface area contributed by atoms with E-state index in [1.54, 1.807) is 19.1 Å². The van der Waals surface area contributed by atoms with Crippen molar-refractivity contribution in [1.82, 2.24) is 5.32 Å². The second-order valence-corrected chi connectivity index (χ2v) is 4.76. The Kier molecular flexibility index (Phi) is 4.50. The van der Waals surface area contributed by atoms with Gasteiger partial charge in [0.05, 0.1) is 19.1 Å². The average molecular weight is 266 g/mol. The highest BCUT2D eigenvalue weighted by molar-refractivity contribution is 5.93. The highest BCUT2D eigenvalue weighted by Crippen LogP contribution is 2.18. The first-order valence-corrected chi connectivity index (χ1v) is 6.50. The molecule has 1 aromatic carbocycles. The van der Waals surface area contributed by atoms with Crippen LogP contribution >= 0.6 is 0 Å². The SMILES string of the molecule is CCNC1COCC1C(=O)Nc1ccc(F)c(C)c1. The number of hydrogen-bond donors (Lipinski definition) is 2. The van der Waals surface area contributed by atoms with E-state index >= 15 is 0 Å². The fourth-order valence-corrected chi connectivity index (χ4v) is 2.23. The van der Waals surface area contributed by atoms with Gasteiger partial charge in [0.15, 0.2) is 0 Å². The Morgan fingerprint density at radius 2 is 2.26 bits per heavy atom. The number of aryl methyl sites for hydroxylation is 1. The van der Waals surface area contributed by atoms with Gasteiger partial charge in [-0.25, -0.2) is 4.39 Å². The molecule has 1 aromatic rings. The summed E-state index contributed by atoms with van der Waals surface area (Å²) in [6, 6.07) is 4.60. The molecule has 0 aliphatic carbocycles. The maximum absolute atomic E-state index is 13.2. The lowest BCUT2D eigenvalue weighted by molar-refractivity contribution is -0.120. The van der Waals surface area contributed by atoms with E-state index in [4.69, 9.17) is 4.74 Å². The number of hydrogen-bond acceptors (Lipinski definition) is 3. The maximum Gasteiger partial charge on any atom is 0.231 e. The number of anilines is 1. The minimum absolute atomic E-state index is 0.0477. The average Bonchev–Trinajstić information content (AvgIpc) is 2.83. The summed E-state index contributed by atoms with van der Waals surface area (Å²) in [5.41, 5.74) is 1.13. The quantitative estimate of drug-likeness (QED) is 0.872. The van der Waals surface area contributed by atoms with Gasteiger partial charge in [0, 0.05) is 11.7 Å². The second-order valence-electron chi connectivity index (χ2n) is 4.76. The van der Waals surface area contributed by atoms with Crippen molar-refractivity contribution in [3.05, 3.63) is 29.6 Å². The zero-order chi connectivity index (χ0) is 13.8. The zero-order valence-electron chi connectivity index (χ0n) is 11.2. The summed E-state index contributed by atoms with van der Waals surface area (Å²) in [4.78, 5) is 12.2. The maximum atomic E-state index is 13.2. The first-order valence-electron chi connectivity index (χ1n) is 6.50. The summed E-state index contributed by atoms with van der Waals surface area (Å²) in [7, 11) is 0. The predicted octanol–water partition coefficient (Wildman–Crippen LogP) is 1.70. The molecule has 1 fully saturated rings. The number of amides is 1. The van der Waals surface area contributed by atoms with E-state index in [-0.39, 0.29) is 23.7 Å². The van der Waals surface area contributed by atoms with Gasteiger partial charge in [-0.2, -0.15) is 0 Å². The van der Waals surface area contributed by atoms with Crippen LogP contribution in [0.3, 0.4) is 0 Å². The van der Waals surface area contributed by atoms with Crippen LogP contribution in [0.15, 0.2) is 18.2 Å². The van der Waals surface area contributed by atoms with Crippen molar-refractivity contribution in [1.29, 1.82) is 0 Å². The fraction of sp³-hybridized carbons (Fsp3) is 0.500. The van der Waals surface area contributed by atoms with Crippen molar-refractivity contribution >= 4 is 11.6 Å². The van der Waals surface area contributed by atoms with Crippen molar-refractivity contribution in [2.75, 3.05) is 25.1 Å². The summed E-state index contributed by atoms with van der Waals surface area (Å²) in [6.07, 6.45) is 0. The molecule has 1 saturated heterocycles. The second kappa shape index (κ2) is 6.12. The smallest absolute Gasteiger partial charge is 0.231 e. The van der Waals surface area contributed by atoms with Crippen molar-refractivity contribution in [2.24, 2.45) is 5.92 Å². The van der Waals surface area contributed by atoms with E-state index < -0.39 is 0 Å². The van der Waals surface area contributed by atoms with Crippen LogP contribution in [0.2, 0.25) is 0 Å². The molecule has 0 aromatic heterocycles. The van der Waals surface area contributed by atoms with Gasteiger partial charge in [0.1, 0.15) is 5.82 Å². The van der Waals surface area contributed by atoms with Crippen LogP contribution in [0.25, 0.3) is 0 Å². The van der Waals surface area contributed by atoms with Crippen LogP contribution in [0.1, 0.15) is 12.5 Å². The Morgan fingerprint density at radius 3 is 2.95 bits per heavy atom. The molecule has 0 bridgehead atoms. The van der Waals surface area contributed by atoms with Crippen molar-refractivity contribution in [3.63, 3.8) is 0 Å². The first kappa shape index (κ1) is 14.0. The molecule has 104 valence electrons. The standard InChI is InChI=1S/C14H19FN2O2/c1-3-16-13-8-19-7-11(13)14(18)17-10-4-5-12(15)9(2)6-10/h4-6,11,13,16H,3,7-8H2,1-2H3,(H,17,18). The van der Waals surface area contributed by atoms with Crippen LogP contribution < -0.4 is 10.6 Å². The van der Waals surface area contributed by atoms with E-state index in [2.05, 4.69) is 10.6 Å². The molecule has 2 unspecified atom stereocenters. The lowest BCUT2D eigenvalue weighted by Gasteiger charge is -2.18.